The molecule has 0 heterocycles. The molecule has 11 heteroatoms. The van der Waals surface area contributed by atoms with Crippen molar-refractivity contribution < 1.29 is 24.2 Å². The molecule has 0 aliphatic heterocycles. The van der Waals surface area contributed by atoms with Gasteiger partial charge in [-0.1, -0.05) is 118 Å². The first kappa shape index (κ1) is 52.5. The molecule has 0 saturated carbocycles. The quantitative estimate of drug-likeness (QED) is 0.0284. The summed E-state index contributed by atoms with van der Waals surface area (Å²) in [7, 11) is 0. The minimum absolute atomic E-state index is 0.00689. The van der Waals surface area contributed by atoms with Gasteiger partial charge in [0.05, 0.1) is 5.92 Å². The molecule has 0 radical (unpaired) electrons. The first-order valence-corrected chi connectivity index (χ1v) is 22.7. The van der Waals surface area contributed by atoms with Crippen molar-refractivity contribution in [3.05, 3.63) is 123 Å². The van der Waals surface area contributed by atoms with Gasteiger partial charge in [0, 0.05) is 71.1 Å². The number of aliphatic hydroxyl groups excluding tert-OH is 1. The van der Waals surface area contributed by atoms with Gasteiger partial charge in [-0.15, -0.1) is 17.5 Å². The summed E-state index contributed by atoms with van der Waals surface area (Å²) in [5.74, 6) is -3.18. The Morgan fingerprint density at radius 2 is 1.39 bits per heavy atom. The zero-order valence-corrected chi connectivity index (χ0v) is 38.3. The fraction of sp³-hybridized carbons (Fsp3) is 0.440. The largest absolute Gasteiger partial charge is 0.456 e. The van der Waals surface area contributed by atoms with E-state index in [1.807, 2.05) is 92.9 Å². The Kier molecular flexibility index (Phi) is 24.8. The highest BCUT2D eigenvalue weighted by Crippen LogP contribution is 2.28. The highest BCUT2D eigenvalue weighted by molar-refractivity contribution is 8.06. The Hall–Kier alpha value is -4.67. The van der Waals surface area contributed by atoms with Gasteiger partial charge in [-0.25, -0.2) is 4.79 Å². The Morgan fingerprint density at radius 1 is 0.820 bits per heavy atom. The average molecular weight is 867 g/mol. The monoisotopic (exact) mass is 866 g/mol. The van der Waals surface area contributed by atoms with E-state index < -0.39 is 23.7 Å². The molecule has 0 aliphatic rings. The van der Waals surface area contributed by atoms with E-state index in [-0.39, 0.29) is 85.6 Å². The van der Waals surface area contributed by atoms with Crippen molar-refractivity contribution in [3.63, 3.8) is 0 Å². The number of nitrogens with one attached hydrogen (secondary N) is 4. The molecule has 328 valence electrons. The third-order valence-corrected chi connectivity index (χ3v) is 12.8. The second-order valence-electron chi connectivity index (χ2n) is 15.8. The number of Topliss-reactive ketones (excluding diaryl/α,β-unsaturated/α-hetero) is 2. The molecule has 0 bridgehead atoms. The van der Waals surface area contributed by atoms with Gasteiger partial charge in [0.2, 0.25) is 0 Å². The van der Waals surface area contributed by atoms with Crippen LogP contribution in [0.25, 0.3) is 0 Å². The van der Waals surface area contributed by atoms with E-state index in [9.17, 15) is 24.9 Å². The molecule has 2 rings (SSSR count). The number of rotatable bonds is 31. The maximum absolute atomic E-state index is 14.2. The molecule has 0 aromatic heterocycles. The Morgan fingerprint density at radius 3 is 1.95 bits per heavy atom. The van der Waals surface area contributed by atoms with E-state index in [2.05, 4.69) is 32.7 Å². The van der Waals surface area contributed by atoms with Crippen LogP contribution in [0.2, 0.25) is 0 Å². The van der Waals surface area contributed by atoms with Gasteiger partial charge < -0.3 is 26.1 Å². The summed E-state index contributed by atoms with van der Waals surface area (Å²) in [6, 6.07) is 19.3. The van der Waals surface area contributed by atoms with Crippen molar-refractivity contribution >= 4 is 63.9 Å². The normalized spacial score (nSPS) is 13.6. The second-order valence-corrected chi connectivity index (χ2v) is 17.8. The zero-order valence-electron chi connectivity index (χ0n) is 36.7. The van der Waals surface area contributed by atoms with Crippen LogP contribution in [-0.2, 0) is 32.0 Å². The highest BCUT2D eigenvalue weighted by Gasteiger charge is 2.31. The molecule has 0 amide bonds. The number of hydrogen-bond acceptors (Lipinski definition) is 11. The van der Waals surface area contributed by atoms with Crippen LogP contribution >= 0.6 is 23.5 Å². The van der Waals surface area contributed by atoms with Crippen LogP contribution in [0.5, 0.6) is 0 Å². The van der Waals surface area contributed by atoms with Gasteiger partial charge in [0.15, 0.2) is 0 Å². The summed E-state index contributed by atoms with van der Waals surface area (Å²) in [5.41, 5.74) is 5.89. The number of ketones is 2. The molecule has 0 saturated heterocycles. The summed E-state index contributed by atoms with van der Waals surface area (Å²) >= 11 is 2.89. The third kappa shape index (κ3) is 20.2. The maximum atomic E-state index is 14.2. The lowest BCUT2D eigenvalue weighted by atomic mass is 9.80. The van der Waals surface area contributed by atoms with Crippen molar-refractivity contribution in [3.8, 4) is 0 Å². The molecule has 2 aromatic rings. The van der Waals surface area contributed by atoms with Crippen LogP contribution in [0, 0.1) is 51.2 Å². The number of benzene rings is 2. The molecule has 2 aromatic carbocycles. The van der Waals surface area contributed by atoms with E-state index in [1.54, 1.807) is 17.2 Å². The lowest BCUT2D eigenvalue weighted by Gasteiger charge is -2.24. The number of esters is 1. The van der Waals surface area contributed by atoms with E-state index in [4.69, 9.17) is 21.0 Å². The molecule has 4 atom stereocenters. The molecule has 0 spiro atoms. The minimum atomic E-state index is -0.967. The van der Waals surface area contributed by atoms with Gasteiger partial charge in [-0.05, 0) is 86.2 Å². The lowest BCUT2D eigenvalue weighted by Crippen LogP contribution is -2.32. The lowest BCUT2D eigenvalue weighted by molar-refractivity contribution is -0.135. The van der Waals surface area contributed by atoms with Crippen LogP contribution in [0.15, 0.2) is 112 Å². The molecule has 0 aliphatic carbocycles. The molecular weight excluding hydrogens is 801 g/mol. The molecular formula is C50H66N4O5S2. The Bertz CT molecular complexity index is 1930. The molecule has 61 heavy (non-hydrogen) atoms. The van der Waals surface area contributed by atoms with Crippen molar-refractivity contribution in [2.24, 2.45) is 29.6 Å². The van der Waals surface area contributed by atoms with Crippen LogP contribution in [0.3, 0.4) is 0 Å². The predicted molar refractivity (Wildman–Crippen MR) is 256 cm³/mol. The third-order valence-electron chi connectivity index (χ3n) is 10.5. The van der Waals surface area contributed by atoms with Gasteiger partial charge in [-0.3, -0.25) is 15.0 Å². The number of thioether (sulfide) groups is 2. The fourth-order valence-electron chi connectivity index (χ4n) is 6.64. The number of ether oxygens (including phenoxy) is 1. The number of hydrogen-bond donors (Lipinski definition) is 5. The number of aliphatic hydroxyl groups is 1. The molecule has 0 fully saturated rings. The zero-order chi connectivity index (χ0) is 45.3. The summed E-state index contributed by atoms with van der Waals surface area (Å²) < 4.78 is 5.58. The van der Waals surface area contributed by atoms with Crippen molar-refractivity contribution in [2.45, 2.75) is 98.8 Å². The minimum Gasteiger partial charge on any atom is -0.456 e. The summed E-state index contributed by atoms with van der Waals surface area (Å²) in [5, 5.41) is 48.8. The summed E-state index contributed by atoms with van der Waals surface area (Å²) in [4.78, 5) is 42.8. The van der Waals surface area contributed by atoms with E-state index >= 15 is 0 Å². The predicted octanol–water partition coefficient (Wildman–Crippen LogP) is 11.6. The van der Waals surface area contributed by atoms with Crippen molar-refractivity contribution in [2.75, 3.05) is 13.2 Å². The Labute approximate surface area is 372 Å². The molecule has 5 N–H and O–H groups in total. The van der Waals surface area contributed by atoms with Crippen molar-refractivity contribution in [1.29, 1.82) is 21.6 Å². The molecule has 1 unspecified atom stereocenters. The number of carbonyl (C=O) groups excluding carboxylic acids is 3. The smallest absolute Gasteiger partial charge is 0.352 e. The topological polar surface area (TPSA) is 176 Å². The SMILES string of the molecule is C=C=CS/C(=C\C)COC(=O)C(=N)[C@@H](CC[C@@H](Cc1ccccc1)C(=N)CC(=O)[C@H](CCC(=N)CCO)C(=N)CC(=O)C(C)C/C(C)=C/SC(=C)C(C)C)Cc1ccccc1. The van der Waals surface area contributed by atoms with Gasteiger partial charge in [0.25, 0.3) is 0 Å². The average Bonchev–Trinajstić information content (AvgIpc) is 3.24. The summed E-state index contributed by atoms with van der Waals surface area (Å²) in [6.07, 6.45) is 4.02. The van der Waals surface area contributed by atoms with Gasteiger partial charge in [-0.2, -0.15) is 0 Å². The van der Waals surface area contributed by atoms with Gasteiger partial charge >= 0.3 is 5.97 Å². The number of carbonyl (C=O) groups is 3. The van der Waals surface area contributed by atoms with E-state index in [0.29, 0.717) is 38.0 Å². The number of allylic oxidation sites excluding steroid dienone is 3. The van der Waals surface area contributed by atoms with E-state index in [0.717, 1.165) is 26.5 Å². The van der Waals surface area contributed by atoms with Crippen LogP contribution in [0.4, 0.5) is 0 Å². The standard InChI is InChI=1S/C50H66N4O5S2/c1-8-26-60-43(9-2)32-59-50(58)49(54)41(29-39-18-14-11-15-19-39)21-20-40(28-38-16-12-10-13-17-38)45(52)30-48(57)44(23-22-42(51)24-25-55)46(53)31-47(56)36(6)27-35(5)33-61-37(7)34(3)4/h9-19,26,33-34,36,40-41,44,51-55H,1,7,20-25,27-32H2,2-6H3/b35-33+,43-9-,51-42?,52-45?,53-46?,54-49?/t36?,40-,41-,44+/m0/s1. The summed E-state index contributed by atoms with van der Waals surface area (Å²) in [6.45, 7) is 17.3. The fourth-order valence-corrected chi connectivity index (χ4v) is 7.86. The first-order valence-electron chi connectivity index (χ1n) is 21.0. The highest BCUT2D eigenvalue weighted by atomic mass is 32.2. The van der Waals surface area contributed by atoms with Crippen LogP contribution in [-0.4, -0.2) is 58.7 Å². The van der Waals surface area contributed by atoms with Crippen molar-refractivity contribution in [1.82, 2.24) is 0 Å². The first-order chi connectivity index (χ1) is 29.1. The second kappa shape index (κ2) is 28.8. The van der Waals surface area contributed by atoms with Gasteiger partial charge in [0.1, 0.15) is 23.9 Å². The maximum Gasteiger partial charge on any atom is 0.352 e. The molecule has 9 nitrogen and oxygen atoms in total. The van der Waals surface area contributed by atoms with Crippen LogP contribution < -0.4 is 0 Å². The van der Waals surface area contributed by atoms with E-state index in [1.165, 1.54) is 11.8 Å². The Balaban J connectivity index is 2.34. The van der Waals surface area contributed by atoms with Crippen LogP contribution in [0.1, 0.15) is 97.1 Å².